The molecule has 4 nitrogen and oxygen atoms in total. The molecule has 0 radical (unpaired) electrons. The molecule has 4 aromatic rings. The van der Waals surface area contributed by atoms with Crippen LogP contribution in [-0.4, -0.2) is 16.2 Å². The summed E-state index contributed by atoms with van der Waals surface area (Å²) in [6.45, 7) is 6.66. The Morgan fingerprint density at radius 1 is 0.875 bits per heavy atom. The molecule has 1 aliphatic rings. The second-order valence-electron chi connectivity index (χ2n) is 9.38. The largest absolute Gasteiger partial charge is 0.457 e. The van der Waals surface area contributed by atoms with Gasteiger partial charge < -0.3 is 10.1 Å². The van der Waals surface area contributed by atoms with Crippen molar-refractivity contribution in [1.82, 2.24) is 10.2 Å². The number of nitrogens with zero attached hydrogens (tertiary/aromatic N) is 2. The highest BCUT2D eigenvalue weighted by Gasteiger charge is 2.22. The van der Waals surface area contributed by atoms with Gasteiger partial charge in [-0.2, -0.15) is 0 Å². The summed E-state index contributed by atoms with van der Waals surface area (Å²) >= 11 is 1.55. The van der Waals surface area contributed by atoms with Crippen molar-refractivity contribution in [3.63, 3.8) is 0 Å². The number of anilines is 1. The first-order valence-electron chi connectivity index (χ1n) is 11.0. The standard InChI is InChI=1S/C27H27N3OS/c1-27(2,3)22-9-11-24(12-10-22)31-25-6-4-5-18(16-25)19-7-8-20-14-23(15-21(20)13-19)29-26-30-28-17-32-26/h4-13,16-17,23H,14-15H2,1-3H3,(H,29,30). The summed E-state index contributed by atoms with van der Waals surface area (Å²) in [6.07, 6.45) is 2.02. The van der Waals surface area contributed by atoms with E-state index in [0.717, 1.165) is 35.0 Å². The molecule has 1 aromatic heterocycles. The Kier molecular flexibility index (Phi) is 5.43. The average Bonchev–Trinajstić information content (AvgIpc) is 3.42. The summed E-state index contributed by atoms with van der Waals surface area (Å²) in [5.74, 6) is 1.71. The number of nitrogens with one attached hydrogen (secondary N) is 1. The van der Waals surface area contributed by atoms with Crippen molar-refractivity contribution < 1.29 is 4.74 Å². The zero-order chi connectivity index (χ0) is 22.1. The zero-order valence-corrected chi connectivity index (χ0v) is 19.4. The van der Waals surface area contributed by atoms with Gasteiger partial charge in [-0.1, -0.05) is 74.6 Å². The number of benzene rings is 3. The molecule has 5 heteroatoms. The third-order valence-electron chi connectivity index (χ3n) is 5.95. The SMILES string of the molecule is CC(C)(C)c1ccc(Oc2cccc(-c3ccc4c(c3)CC(Nc3nncs3)C4)c2)cc1. The van der Waals surface area contributed by atoms with E-state index in [9.17, 15) is 0 Å². The zero-order valence-electron chi connectivity index (χ0n) is 18.6. The van der Waals surface area contributed by atoms with Gasteiger partial charge in [-0.25, -0.2) is 0 Å². The predicted molar refractivity (Wildman–Crippen MR) is 132 cm³/mol. The molecule has 1 heterocycles. The fraction of sp³-hybridized carbons (Fsp3) is 0.259. The Bertz CT molecular complexity index is 1210. The van der Waals surface area contributed by atoms with Crippen LogP contribution in [0.25, 0.3) is 11.1 Å². The molecule has 0 spiro atoms. The molecule has 1 aliphatic carbocycles. The van der Waals surface area contributed by atoms with Crippen LogP contribution in [0.4, 0.5) is 5.13 Å². The van der Waals surface area contributed by atoms with Gasteiger partial charge in [-0.15, -0.1) is 10.2 Å². The van der Waals surface area contributed by atoms with Crippen LogP contribution < -0.4 is 10.1 Å². The summed E-state index contributed by atoms with van der Waals surface area (Å²) in [6, 6.07) is 23.9. The summed E-state index contributed by atoms with van der Waals surface area (Å²) < 4.78 is 6.15. The molecule has 5 rings (SSSR count). The number of hydrogen-bond acceptors (Lipinski definition) is 5. The van der Waals surface area contributed by atoms with Gasteiger partial charge in [-0.05, 0) is 70.3 Å². The monoisotopic (exact) mass is 441 g/mol. The van der Waals surface area contributed by atoms with Crippen LogP contribution in [0.5, 0.6) is 11.5 Å². The Hall–Kier alpha value is -3.18. The Morgan fingerprint density at radius 2 is 1.66 bits per heavy atom. The highest BCUT2D eigenvalue weighted by atomic mass is 32.1. The minimum atomic E-state index is 0.137. The van der Waals surface area contributed by atoms with Gasteiger partial charge in [0.15, 0.2) is 0 Å². The molecule has 1 atom stereocenters. The van der Waals surface area contributed by atoms with Gasteiger partial charge in [-0.3, -0.25) is 0 Å². The number of rotatable bonds is 5. The molecule has 0 saturated heterocycles. The Morgan fingerprint density at radius 3 is 2.41 bits per heavy atom. The number of hydrogen-bond donors (Lipinski definition) is 1. The molecule has 1 N–H and O–H groups in total. The van der Waals surface area contributed by atoms with E-state index in [1.54, 1.807) is 16.8 Å². The lowest BCUT2D eigenvalue weighted by atomic mass is 9.87. The van der Waals surface area contributed by atoms with Crippen LogP contribution in [0.3, 0.4) is 0 Å². The van der Waals surface area contributed by atoms with Crippen molar-refractivity contribution in [2.75, 3.05) is 5.32 Å². The van der Waals surface area contributed by atoms with Crippen LogP contribution in [0.2, 0.25) is 0 Å². The lowest BCUT2D eigenvalue weighted by Crippen LogP contribution is -2.19. The first kappa shape index (κ1) is 20.7. The minimum absolute atomic E-state index is 0.137. The molecule has 32 heavy (non-hydrogen) atoms. The van der Waals surface area contributed by atoms with E-state index in [2.05, 4.69) is 84.8 Å². The van der Waals surface area contributed by atoms with E-state index in [-0.39, 0.29) is 5.41 Å². The van der Waals surface area contributed by atoms with Gasteiger partial charge in [0.25, 0.3) is 0 Å². The highest BCUT2D eigenvalue weighted by Crippen LogP contribution is 2.33. The summed E-state index contributed by atoms with van der Waals surface area (Å²) in [5, 5.41) is 12.4. The van der Waals surface area contributed by atoms with Crippen molar-refractivity contribution >= 4 is 16.5 Å². The quantitative estimate of drug-likeness (QED) is 0.367. The van der Waals surface area contributed by atoms with Crippen LogP contribution in [0.15, 0.2) is 72.2 Å². The van der Waals surface area contributed by atoms with Crippen molar-refractivity contribution in [2.24, 2.45) is 0 Å². The van der Waals surface area contributed by atoms with E-state index in [1.807, 2.05) is 18.2 Å². The maximum atomic E-state index is 6.15. The van der Waals surface area contributed by atoms with Gasteiger partial charge in [0.1, 0.15) is 17.0 Å². The van der Waals surface area contributed by atoms with Crippen molar-refractivity contribution in [3.05, 3.63) is 88.9 Å². The molecule has 3 aromatic carbocycles. The molecule has 0 amide bonds. The lowest BCUT2D eigenvalue weighted by molar-refractivity contribution is 0.481. The molecular weight excluding hydrogens is 414 g/mol. The van der Waals surface area contributed by atoms with Gasteiger partial charge >= 0.3 is 0 Å². The predicted octanol–water partition coefficient (Wildman–Crippen LogP) is 6.87. The Balaban J connectivity index is 1.31. The van der Waals surface area contributed by atoms with Crippen LogP contribution >= 0.6 is 11.3 Å². The van der Waals surface area contributed by atoms with Crippen LogP contribution in [0, 0.1) is 0 Å². The molecule has 1 unspecified atom stereocenters. The van der Waals surface area contributed by atoms with E-state index >= 15 is 0 Å². The van der Waals surface area contributed by atoms with E-state index < -0.39 is 0 Å². The van der Waals surface area contributed by atoms with Crippen molar-refractivity contribution in [2.45, 2.75) is 45.1 Å². The normalized spacial score (nSPS) is 15.4. The topological polar surface area (TPSA) is 47.0 Å². The first-order valence-corrected chi connectivity index (χ1v) is 11.9. The van der Waals surface area contributed by atoms with Crippen LogP contribution in [-0.2, 0) is 18.3 Å². The third kappa shape index (κ3) is 4.53. The number of ether oxygens (including phenoxy) is 1. The molecule has 0 fully saturated rings. The molecular formula is C27H27N3OS. The fourth-order valence-electron chi connectivity index (χ4n) is 4.21. The molecule has 0 bridgehead atoms. The number of aromatic nitrogens is 2. The lowest BCUT2D eigenvalue weighted by Gasteiger charge is -2.19. The van der Waals surface area contributed by atoms with Crippen molar-refractivity contribution in [1.29, 1.82) is 0 Å². The summed E-state index contributed by atoms with van der Waals surface area (Å²) in [4.78, 5) is 0. The minimum Gasteiger partial charge on any atom is -0.457 e. The maximum absolute atomic E-state index is 6.15. The molecule has 162 valence electrons. The molecule has 0 saturated carbocycles. The van der Waals surface area contributed by atoms with Crippen molar-refractivity contribution in [3.8, 4) is 22.6 Å². The second kappa shape index (κ2) is 8.40. The van der Waals surface area contributed by atoms with E-state index in [0.29, 0.717) is 6.04 Å². The second-order valence-corrected chi connectivity index (χ2v) is 10.2. The average molecular weight is 442 g/mol. The Labute approximate surface area is 193 Å². The maximum Gasteiger partial charge on any atom is 0.205 e. The van der Waals surface area contributed by atoms with E-state index in [1.165, 1.54) is 22.3 Å². The summed E-state index contributed by atoms with van der Waals surface area (Å²) in [7, 11) is 0. The first-order chi connectivity index (χ1) is 15.4. The van der Waals surface area contributed by atoms with Gasteiger partial charge in [0.05, 0.1) is 0 Å². The van der Waals surface area contributed by atoms with Crippen LogP contribution in [0.1, 0.15) is 37.5 Å². The van der Waals surface area contributed by atoms with Gasteiger partial charge in [0.2, 0.25) is 5.13 Å². The third-order valence-corrected chi connectivity index (χ3v) is 6.57. The van der Waals surface area contributed by atoms with Gasteiger partial charge in [0, 0.05) is 6.04 Å². The summed E-state index contributed by atoms with van der Waals surface area (Å²) in [5.41, 5.74) is 8.38. The molecule has 0 aliphatic heterocycles. The smallest absolute Gasteiger partial charge is 0.205 e. The van der Waals surface area contributed by atoms with E-state index in [4.69, 9.17) is 4.74 Å². The highest BCUT2D eigenvalue weighted by molar-refractivity contribution is 7.13. The number of fused-ring (bicyclic) bond motifs is 1. The fourth-order valence-corrected chi connectivity index (χ4v) is 4.73.